The van der Waals surface area contributed by atoms with E-state index in [2.05, 4.69) is 20.5 Å². The van der Waals surface area contributed by atoms with E-state index >= 15 is 0 Å². The molecule has 0 unspecified atom stereocenters. The summed E-state index contributed by atoms with van der Waals surface area (Å²) < 4.78 is 1.72. The molecule has 0 atom stereocenters. The summed E-state index contributed by atoms with van der Waals surface area (Å²) in [6.07, 6.45) is 14.0. The van der Waals surface area contributed by atoms with Crippen LogP contribution < -0.4 is 5.32 Å². The van der Waals surface area contributed by atoms with Crippen LogP contribution in [0.5, 0.6) is 0 Å². The lowest BCUT2D eigenvalue weighted by molar-refractivity contribution is 0.0919. The highest BCUT2D eigenvalue weighted by atomic mass is 16.1. The van der Waals surface area contributed by atoms with Gasteiger partial charge in [0.1, 0.15) is 12.0 Å². The molecule has 6 nitrogen and oxygen atoms in total. The predicted molar refractivity (Wildman–Crippen MR) is 81.4 cm³/mol. The molecule has 0 radical (unpaired) electrons. The van der Waals surface area contributed by atoms with Crippen molar-refractivity contribution in [3.05, 3.63) is 24.4 Å². The molecule has 0 aliphatic heterocycles. The quantitative estimate of drug-likeness (QED) is 0.919. The number of amides is 1. The minimum atomic E-state index is -0.0994. The Hall–Kier alpha value is -1.98. The van der Waals surface area contributed by atoms with Gasteiger partial charge >= 0.3 is 0 Å². The number of fused-ring (bicyclic) bond motifs is 1. The molecule has 2 aliphatic rings. The van der Waals surface area contributed by atoms with Gasteiger partial charge in [-0.3, -0.25) is 9.20 Å². The van der Waals surface area contributed by atoms with E-state index in [1.165, 1.54) is 44.9 Å². The van der Waals surface area contributed by atoms with Crippen molar-refractivity contribution in [1.29, 1.82) is 0 Å². The summed E-state index contributed by atoms with van der Waals surface area (Å²) >= 11 is 0. The first-order valence-electron chi connectivity index (χ1n) is 8.18. The Balaban J connectivity index is 1.44. The first-order valence-corrected chi connectivity index (χ1v) is 8.18. The van der Waals surface area contributed by atoms with Crippen LogP contribution in [-0.2, 0) is 0 Å². The summed E-state index contributed by atoms with van der Waals surface area (Å²) in [5.74, 6) is 0.805. The maximum absolute atomic E-state index is 12.4. The van der Waals surface area contributed by atoms with Crippen LogP contribution in [0.15, 0.2) is 18.7 Å². The van der Waals surface area contributed by atoms with Crippen LogP contribution in [0.4, 0.5) is 0 Å². The molecule has 2 aromatic rings. The molecule has 1 N–H and O–H groups in total. The number of hydrogen-bond acceptors (Lipinski definition) is 4. The molecule has 1 amide bonds. The van der Waals surface area contributed by atoms with Gasteiger partial charge in [0.15, 0.2) is 5.65 Å². The van der Waals surface area contributed by atoms with Crippen molar-refractivity contribution >= 4 is 11.6 Å². The van der Waals surface area contributed by atoms with Crippen LogP contribution in [0.1, 0.15) is 55.4 Å². The third-order valence-corrected chi connectivity index (χ3v) is 5.12. The van der Waals surface area contributed by atoms with Crippen LogP contribution in [0.2, 0.25) is 0 Å². The van der Waals surface area contributed by atoms with E-state index in [4.69, 9.17) is 0 Å². The Morgan fingerprint density at radius 1 is 1.36 bits per heavy atom. The minimum Gasteiger partial charge on any atom is -0.350 e. The number of carbonyl (C=O) groups excluding carboxylic acids is 1. The predicted octanol–water partition coefficient (Wildman–Crippen LogP) is 2.21. The van der Waals surface area contributed by atoms with Gasteiger partial charge in [-0.2, -0.15) is 0 Å². The fraction of sp³-hybridized carbons (Fsp3) is 0.625. The van der Waals surface area contributed by atoms with Crippen molar-refractivity contribution < 1.29 is 4.79 Å². The first kappa shape index (κ1) is 13.7. The molecular weight excluding hydrogens is 278 g/mol. The van der Waals surface area contributed by atoms with Gasteiger partial charge in [-0.05, 0) is 30.6 Å². The van der Waals surface area contributed by atoms with Crippen molar-refractivity contribution in [1.82, 2.24) is 24.9 Å². The lowest BCUT2D eigenvalue weighted by Gasteiger charge is -2.29. The van der Waals surface area contributed by atoms with E-state index in [1.54, 1.807) is 23.1 Å². The second-order valence-electron chi connectivity index (χ2n) is 6.91. The standard InChI is InChI=1S/C16H21N5O/c22-15(13-9-21-11-19-20-14(21)8-17-13)18-10-16(5-1-2-6-16)7-12-3-4-12/h8-9,11-12H,1-7,10H2,(H,18,22). The molecule has 116 valence electrons. The molecule has 22 heavy (non-hydrogen) atoms. The Bertz CT molecular complexity index is 685. The number of hydrogen-bond donors (Lipinski definition) is 1. The molecule has 2 fully saturated rings. The van der Waals surface area contributed by atoms with E-state index < -0.39 is 0 Å². The highest BCUT2D eigenvalue weighted by molar-refractivity contribution is 5.92. The summed E-state index contributed by atoms with van der Waals surface area (Å²) in [6, 6.07) is 0. The van der Waals surface area contributed by atoms with Gasteiger partial charge in [0.25, 0.3) is 5.91 Å². The minimum absolute atomic E-state index is 0.0994. The van der Waals surface area contributed by atoms with Crippen molar-refractivity contribution in [2.24, 2.45) is 11.3 Å². The fourth-order valence-electron chi connectivity index (χ4n) is 3.72. The van der Waals surface area contributed by atoms with Gasteiger partial charge in [-0.15, -0.1) is 10.2 Å². The summed E-state index contributed by atoms with van der Waals surface area (Å²) in [5, 5.41) is 10.8. The Morgan fingerprint density at radius 2 is 2.18 bits per heavy atom. The highest BCUT2D eigenvalue weighted by Gasteiger charge is 2.39. The first-order chi connectivity index (χ1) is 10.7. The van der Waals surface area contributed by atoms with E-state index in [1.807, 2.05) is 0 Å². The molecular formula is C16H21N5O. The molecule has 2 heterocycles. The molecule has 2 aromatic heterocycles. The Kier molecular flexibility index (Phi) is 3.32. The smallest absolute Gasteiger partial charge is 0.271 e. The molecule has 6 heteroatoms. The summed E-state index contributed by atoms with van der Waals surface area (Å²) in [5.41, 5.74) is 1.40. The molecule has 0 spiro atoms. The van der Waals surface area contributed by atoms with E-state index in [0.29, 0.717) is 16.8 Å². The van der Waals surface area contributed by atoms with Gasteiger partial charge in [-0.25, -0.2) is 4.98 Å². The molecule has 0 bridgehead atoms. The highest BCUT2D eigenvalue weighted by Crippen LogP contribution is 2.48. The van der Waals surface area contributed by atoms with Crippen LogP contribution in [-0.4, -0.2) is 32.0 Å². The molecule has 2 saturated carbocycles. The summed E-state index contributed by atoms with van der Waals surface area (Å²) in [7, 11) is 0. The van der Waals surface area contributed by atoms with E-state index in [9.17, 15) is 4.79 Å². The monoisotopic (exact) mass is 299 g/mol. The zero-order chi connectivity index (χ0) is 15.0. The molecule has 0 aromatic carbocycles. The van der Waals surface area contributed by atoms with Crippen LogP contribution in [0.25, 0.3) is 5.65 Å². The number of aromatic nitrogens is 4. The lowest BCUT2D eigenvalue weighted by atomic mass is 9.80. The number of rotatable bonds is 5. The third kappa shape index (κ3) is 2.69. The molecule has 4 rings (SSSR count). The number of nitrogens with one attached hydrogen (secondary N) is 1. The van der Waals surface area contributed by atoms with E-state index in [0.717, 1.165) is 12.5 Å². The van der Waals surface area contributed by atoms with Crippen LogP contribution in [0.3, 0.4) is 0 Å². The Labute approximate surface area is 129 Å². The van der Waals surface area contributed by atoms with Gasteiger partial charge in [0.05, 0.1) is 6.20 Å². The zero-order valence-corrected chi connectivity index (χ0v) is 12.7. The average molecular weight is 299 g/mol. The van der Waals surface area contributed by atoms with Crippen LogP contribution >= 0.6 is 0 Å². The average Bonchev–Trinajstić information content (AvgIpc) is 3.03. The van der Waals surface area contributed by atoms with Crippen LogP contribution in [0, 0.1) is 11.3 Å². The van der Waals surface area contributed by atoms with Gasteiger partial charge < -0.3 is 5.32 Å². The normalized spacial score (nSPS) is 20.4. The second-order valence-corrected chi connectivity index (χ2v) is 6.91. The van der Waals surface area contributed by atoms with Gasteiger partial charge in [0, 0.05) is 12.7 Å². The Morgan fingerprint density at radius 3 is 2.95 bits per heavy atom. The lowest BCUT2D eigenvalue weighted by Crippen LogP contribution is -2.36. The maximum Gasteiger partial charge on any atom is 0.271 e. The summed E-state index contributed by atoms with van der Waals surface area (Å²) in [6.45, 7) is 0.782. The topological polar surface area (TPSA) is 72.2 Å². The maximum atomic E-state index is 12.4. The summed E-state index contributed by atoms with van der Waals surface area (Å²) in [4.78, 5) is 16.6. The van der Waals surface area contributed by atoms with Crippen molar-refractivity contribution in [3.8, 4) is 0 Å². The SMILES string of the molecule is O=C(NCC1(CC2CC2)CCCC1)c1cn2cnnc2cn1. The van der Waals surface area contributed by atoms with Crippen molar-refractivity contribution in [2.75, 3.05) is 6.54 Å². The molecule has 0 saturated heterocycles. The van der Waals surface area contributed by atoms with Crippen molar-refractivity contribution in [2.45, 2.75) is 44.9 Å². The van der Waals surface area contributed by atoms with Gasteiger partial charge in [0.2, 0.25) is 0 Å². The zero-order valence-electron chi connectivity index (χ0n) is 12.7. The van der Waals surface area contributed by atoms with Gasteiger partial charge in [-0.1, -0.05) is 25.7 Å². The number of nitrogens with zero attached hydrogens (tertiary/aromatic N) is 4. The van der Waals surface area contributed by atoms with E-state index in [-0.39, 0.29) is 5.91 Å². The largest absolute Gasteiger partial charge is 0.350 e. The van der Waals surface area contributed by atoms with Crippen molar-refractivity contribution in [3.63, 3.8) is 0 Å². The fourth-order valence-corrected chi connectivity index (χ4v) is 3.72. The molecule has 2 aliphatic carbocycles. The second kappa shape index (κ2) is 5.34. The third-order valence-electron chi connectivity index (χ3n) is 5.12. The number of carbonyl (C=O) groups is 1.